The lowest BCUT2D eigenvalue weighted by Crippen LogP contribution is -2.09. The molecule has 1 atom stereocenters. The molecule has 0 amide bonds. The van der Waals surface area contributed by atoms with Crippen molar-refractivity contribution in [1.29, 1.82) is 0 Å². The Balaban J connectivity index is 1.54. The van der Waals surface area contributed by atoms with Crippen molar-refractivity contribution >= 4 is 5.97 Å². The first-order chi connectivity index (χ1) is 16.0. The molecule has 0 aliphatic carbocycles. The van der Waals surface area contributed by atoms with Gasteiger partial charge in [0, 0.05) is 12.3 Å². The quantitative estimate of drug-likeness (QED) is 0.348. The van der Waals surface area contributed by atoms with Crippen LogP contribution in [0.15, 0.2) is 78.9 Å². The van der Waals surface area contributed by atoms with E-state index in [4.69, 9.17) is 10.1 Å². The van der Waals surface area contributed by atoms with Gasteiger partial charge in [0.05, 0.1) is 12.1 Å². The molecule has 0 aliphatic rings. The monoisotopic (exact) mass is 439 g/mol. The van der Waals surface area contributed by atoms with Crippen LogP contribution in [0.2, 0.25) is 0 Å². The molecule has 168 valence electrons. The Labute approximate surface area is 194 Å². The van der Waals surface area contributed by atoms with Crippen LogP contribution in [0.4, 0.5) is 0 Å². The highest BCUT2D eigenvalue weighted by molar-refractivity contribution is 5.95. The average molecular weight is 440 g/mol. The summed E-state index contributed by atoms with van der Waals surface area (Å²) in [5, 5.41) is 14.3. The van der Waals surface area contributed by atoms with Gasteiger partial charge >= 0.3 is 5.97 Å². The second-order valence-electron chi connectivity index (χ2n) is 8.39. The summed E-state index contributed by atoms with van der Waals surface area (Å²) in [5.41, 5.74) is 4.32. The number of hydrogen-bond acceptors (Lipinski definition) is 3. The maximum Gasteiger partial charge on any atom is 0.336 e. The first kappa shape index (κ1) is 22.5. The summed E-state index contributed by atoms with van der Waals surface area (Å²) in [4.78, 5) is 16.4. The van der Waals surface area contributed by atoms with Gasteiger partial charge in [-0.25, -0.2) is 14.5 Å². The SMILES string of the molecule is CCC(C)c1nc(CCc2ccccc2)nn1Cc1ccc(-c2ccccc2C(=O)O)cc1. The standard InChI is InChI=1S/C28H29N3O2/c1-3-20(2)27-29-26(18-15-21-9-5-4-6-10-21)30-31(27)19-22-13-16-23(17-14-22)24-11-7-8-12-25(24)28(32)33/h4-14,16-17,20H,3,15,18-19H2,1-2H3,(H,32,33). The molecule has 1 aromatic heterocycles. The van der Waals surface area contributed by atoms with Crippen LogP contribution in [0.1, 0.15) is 59.3 Å². The fourth-order valence-corrected chi connectivity index (χ4v) is 3.96. The molecule has 5 heteroatoms. The van der Waals surface area contributed by atoms with Crippen LogP contribution in [0.5, 0.6) is 0 Å². The fraction of sp³-hybridized carbons (Fsp3) is 0.250. The highest BCUT2D eigenvalue weighted by atomic mass is 16.4. The molecule has 5 nitrogen and oxygen atoms in total. The number of aromatic carboxylic acids is 1. The van der Waals surface area contributed by atoms with E-state index in [2.05, 4.69) is 38.1 Å². The zero-order valence-corrected chi connectivity index (χ0v) is 19.1. The molecule has 0 radical (unpaired) electrons. The molecule has 1 unspecified atom stereocenters. The summed E-state index contributed by atoms with van der Waals surface area (Å²) < 4.78 is 2.02. The molecule has 0 saturated heterocycles. The third-order valence-corrected chi connectivity index (χ3v) is 6.03. The van der Waals surface area contributed by atoms with E-state index in [0.29, 0.717) is 18.0 Å². The predicted octanol–water partition coefficient (Wildman–Crippen LogP) is 5.99. The molecular weight excluding hydrogens is 410 g/mol. The van der Waals surface area contributed by atoms with Crippen molar-refractivity contribution in [3.63, 3.8) is 0 Å². The Bertz CT molecular complexity index is 1210. The van der Waals surface area contributed by atoms with Gasteiger partial charge in [-0.2, -0.15) is 5.10 Å². The van der Waals surface area contributed by atoms with Crippen LogP contribution in [0.25, 0.3) is 11.1 Å². The number of nitrogens with zero attached hydrogens (tertiary/aromatic N) is 3. The van der Waals surface area contributed by atoms with Crippen molar-refractivity contribution in [1.82, 2.24) is 14.8 Å². The van der Waals surface area contributed by atoms with Crippen molar-refractivity contribution in [3.8, 4) is 11.1 Å². The summed E-state index contributed by atoms with van der Waals surface area (Å²) in [6.07, 6.45) is 2.73. The molecule has 4 rings (SSSR count). The molecule has 33 heavy (non-hydrogen) atoms. The van der Waals surface area contributed by atoms with E-state index in [1.165, 1.54) is 5.56 Å². The summed E-state index contributed by atoms with van der Waals surface area (Å²) in [5.74, 6) is 1.30. The number of carboxylic acids is 1. The van der Waals surface area contributed by atoms with E-state index in [9.17, 15) is 9.90 Å². The van der Waals surface area contributed by atoms with E-state index in [1.807, 2.05) is 47.1 Å². The van der Waals surface area contributed by atoms with Gasteiger partial charge in [-0.15, -0.1) is 0 Å². The molecule has 0 saturated carbocycles. The number of rotatable bonds is 9. The van der Waals surface area contributed by atoms with Crippen LogP contribution < -0.4 is 0 Å². The van der Waals surface area contributed by atoms with Crippen LogP contribution in [-0.2, 0) is 19.4 Å². The highest BCUT2D eigenvalue weighted by Gasteiger charge is 2.16. The lowest BCUT2D eigenvalue weighted by Gasteiger charge is -2.11. The zero-order valence-electron chi connectivity index (χ0n) is 19.1. The minimum absolute atomic E-state index is 0.309. The zero-order chi connectivity index (χ0) is 23.2. The van der Waals surface area contributed by atoms with Crippen molar-refractivity contribution in [2.45, 2.75) is 45.6 Å². The van der Waals surface area contributed by atoms with Crippen molar-refractivity contribution in [2.75, 3.05) is 0 Å². The highest BCUT2D eigenvalue weighted by Crippen LogP contribution is 2.25. The smallest absolute Gasteiger partial charge is 0.336 e. The number of carboxylic acid groups (broad SMARTS) is 1. The number of aromatic nitrogens is 3. The average Bonchev–Trinajstić information content (AvgIpc) is 3.26. The fourth-order valence-electron chi connectivity index (χ4n) is 3.96. The molecule has 4 aromatic rings. The molecule has 1 N–H and O–H groups in total. The molecule has 3 aromatic carbocycles. The number of hydrogen-bond donors (Lipinski definition) is 1. The number of carbonyl (C=O) groups is 1. The van der Waals surface area contributed by atoms with E-state index in [0.717, 1.165) is 47.6 Å². The Hall–Kier alpha value is -3.73. The normalized spacial score (nSPS) is 11.9. The predicted molar refractivity (Wildman–Crippen MR) is 131 cm³/mol. The van der Waals surface area contributed by atoms with E-state index < -0.39 is 5.97 Å². The Morgan fingerprint density at radius 1 is 0.909 bits per heavy atom. The van der Waals surface area contributed by atoms with Crippen LogP contribution in [0.3, 0.4) is 0 Å². The van der Waals surface area contributed by atoms with Gasteiger partial charge in [-0.3, -0.25) is 0 Å². The lowest BCUT2D eigenvalue weighted by molar-refractivity contribution is 0.0697. The lowest BCUT2D eigenvalue weighted by atomic mass is 9.99. The number of aryl methyl sites for hydroxylation is 2. The van der Waals surface area contributed by atoms with Gasteiger partial charge < -0.3 is 5.11 Å². The molecule has 0 spiro atoms. The van der Waals surface area contributed by atoms with Gasteiger partial charge in [-0.1, -0.05) is 86.6 Å². The minimum atomic E-state index is -0.918. The van der Waals surface area contributed by atoms with E-state index in [-0.39, 0.29) is 0 Å². The maximum absolute atomic E-state index is 11.6. The van der Waals surface area contributed by atoms with Crippen LogP contribution in [0, 0.1) is 0 Å². The van der Waals surface area contributed by atoms with Gasteiger partial charge in [0.1, 0.15) is 5.82 Å². The molecule has 0 fully saturated rings. The first-order valence-electron chi connectivity index (χ1n) is 11.4. The summed E-state index contributed by atoms with van der Waals surface area (Å²) >= 11 is 0. The summed E-state index contributed by atoms with van der Waals surface area (Å²) in [7, 11) is 0. The van der Waals surface area contributed by atoms with E-state index >= 15 is 0 Å². The molecule has 0 aliphatic heterocycles. The van der Waals surface area contributed by atoms with Gasteiger partial charge in [-0.05, 0) is 41.2 Å². The molecule has 0 bridgehead atoms. The Morgan fingerprint density at radius 2 is 1.61 bits per heavy atom. The van der Waals surface area contributed by atoms with Crippen molar-refractivity contribution in [2.24, 2.45) is 0 Å². The first-order valence-corrected chi connectivity index (χ1v) is 11.4. The van der Waals surface area contributed by atoms with Gasteiger partial charge in [0.15, 0.2) is 5.82 Å². The molecular formula is C28H29N3O2. The van der Waals surface area contributed by atoms with Crippen LogP contribution in [-0.4, -0.2) is 25.8 Å². The second kappa shape index (κ2) is 10.3. The van der Waals surface area contributed by atoms with Crippen molar-refractivity contribution in [3.05, 3.63) is 107 Å². The Morgan fingerprint density at radius 3 is 2.30 bits per heavy atom. The summed E-state index contributed by atoms with van der Waals surface area (Å²) in [6.45, 7) is 4.99. The summed E-state index contributed by atoms with van der Waals surface area (Å²) in [6, 6.07) is 25.6. The Kier molecular flexibility index (Phi) is 6.98. The van der Waals surface area contributed by atoms with E-state index in [1.54, 1.807) is 12.1 Å². The van der Waals surface area contributed by atoms with Crippen LogP contribution >= 0.6 is 0 Å². The largest absolute Gasteiger partial charge is 0.478 e. The maximum atomic E-state index is 11.6. The third-order valence-electron chi connectivity index (χ3n) is 6.03. The van der Waals surface area contributed by atoms with Gasteiger partial charge in [0.2, 0.25) is 0 Å². The van der Waals surface area contributed by atoms with Crippen molar-refractivity contribution < 1.29 is 9.90 Å². The number of benzene rings is 3. The topological polar surface area (TPSA) is 68.0 Å². The van der Waals surface area contributed by atoms with Gasteiger partial charge in [0.25, 0.3) is 0 Å². The third kappa shape index (κ3) is 5.37. The minimum Gasteiger partial charge on any atom is -0.478 e. The molecule has 1 heterocycles. The second-order valence-corrected chi connectivity index (χ2v) is 8.39.